The summed E-state index contributed by atoms with van der Waals surface area (Å²) in [6, 6.07) is 9.66. The number of thioether (sulfide) groups is 1. The zero-order valence-electron chi connectivity index (χ0n) is 15.1. The molecule has 1 atom stereocenters. The highest BCUT2D eigenvalue weighted by Crippen LogP contribution is 2.47. The number of nitrogens with zero attached hydrogens (tertiary/aromatic N) is 1. The van der Waals surface area contributed by atoms with Gasteiger partial charge in [-0.25, -0.2) is 8.42 Å². The number of sulfonamides is 1. The average molecular weight is 430 g/mol. The third kappa shape index (κ3) is 3.85. The molecule has 0 amide bonds. The zero-order chi connectivity index (χ0) is 19.6. The van der Waals surface area contributed by atoms with Gasteiger partial charge >= 0.3 is 0 Å². The summed E-state index contributed by atoms with van der Waals surface area (Å²) in [4.78, 5) is 0.207. The molecule has 0 spiro atoms. The van der Waals surface area contributed by atoms with Crippen molar-refractivity contribution in [3.63, 3.8) is 0 Å². The summed E-state index contributed by atoms with van der Waals surface area (Å²) < 4.78 is 44.0. The molecule has 1 saturated heterocycles. The van der Waals surface area contributed by atoms with Gasteiger partial charge in [-0.2, -0.15) is 4.31 Å². The van der Waals surface area contributed by atoms with Crippen LogP contribution in [0.3, 0.4) is 0 Å². The van der Waals surface area contributed by atoms with E-state index in [1.807, 2.05) is 0 Å². The van der Waals surface area contributed by atoms with Gasteiger partial charge in [0.2, 0.25) is 10.0 Å². The summed E-state index contributed by atoms with van der Waals surface area (Å²) >= 11 is 7.43. The predicted octanol–water partition coefficient (Wildman–Crippen LogP) is 3.80. The number of hydrogen-bond acceptors (Lipinski definition) is 6. The molecule has 1 heterocycles. The molecule has 0 N–H and O–H groups in total. The van der Waals surface area contributed by atoms with Crippen molar-refractivity contribution in [1.29, 1.82) is 0 Å². The molecule has 1 aliphatic rings. The van der Waals surface area contributed by atoms with Crippen LogP contribution in [0.4, 0.5) is 0 Å². The topological polar surface area (TPSA) is 65.1 Å². The molecule has 2 aromatic carbocycles. The molecular weight excluding hydrogens is 410 g/mol. The molecule has 2 aromatic rings. The van der Waals surface area contributed by atoms with Gasteiger partial charge in [0.15, 0.2) is 11.5 Å². The van der Waals surface area contributed by atoms with Crippen LogP contribution in [-0.4, -0.2) is 46.4 Å². The van der Waals surface area contributed by atoms with Crippen molar-refractivity contribution in [1.82, 2.24) is 4.31 Å². The summed E-state index contributed by atoms with van der Waals surface area (Å²) in [7, 11) is 0.937. The first kappa shape index (κ1) is 20.1. The van der Waals surface area contributed by atoms with Crippen molar-refractivity contribution >= 4 is 33.4 Å². The summed E-state index contributed by atoms with van der Waals surface area (Å²) in [6.07, 6.45) is 0. The number of ether oxygens (including phenoxy) is 3. The first-order valence-electron chi connectivity index (χ1n) is 8.11. The first-order valence-corrected chi connectivity index (χ1v) is 11.0. The van der Waals surface area contributed by atoms with Crippen molar-refractivity contribution in [2.75, 3.05) is 33.6 Å². The molecule has 146 valence electrons. The fourth-order valence-corrected chi connectivity index (χ4v) is 6.31. The third-order valence-corrected chi connectivity index (χ3v) is 7.78. The minimum absolute atomic E-state index is 0.207. The lowest BCUT2D eigenvalue weighted by Crippen LogP contribution is -2.30. The number of halogens is 1. The second-order valence-corrected chi connectivity index (χ2v) is 9.26. The average Bonchev–Trinajstić information content (AvgIpc) is 3.17. The Morgan fingerprint density at radius 1 is 1.00 bits per heavy atom. The Bertz CT molecular complexity index is 918. The summed E-state index contributed by atoms with van der Waals surface area (Å²) in [5, 5.41) is 0.0586. The number of hydrogen-bond donors (Lipinski definition) is 0. The summed E-state index contributed by atoms with van der Waals surface area (Å²) in [6.45, 7) is 0.401. The van der Waals surface area contributed by atoms with Gasteiger partial charge < -0.3 is 14.2 Å². The molecule has 3 rings (SSSR count). The Balaban J connectivity index is 2.05. The van der Waals surface area contributed by atoms with Gasteiger partial charge in [-0.3, -0.25) is 0 Å². The molecule has 0 aromatic heterocycles. The standard InChI is InChI=1S/C18H20ClNO5S2/c1-23-15-11-17(25-3)16(24-2)10-14(15)18-20(8-9-26-18)27(21,22)13-6-4-12(19)5-7-13/h4-7,10-11,18H,8-9H2,1-3H3/t18-/m0/s1. The van der Waals surface area contributed by atoms with Crippen LogP contribution in [-0.2, 0) is 10.0 Å². The van der Waals surface area contributed by atoms with E-state index < -0.39 is 15.4 Å². The monoisotopic (exact) mass is 429 g/mol. The van der Waals surface area contributed by atoms with Crippen LogP contribution in [0.2, 0.25) is 5.02 Å². The smallest absolute Gasteiger partial charge is 0.244 e. The molecule has 6 nitrogen and oxygen atoms in total. The van der Waals surface area contributed by atoms with E-state index in [9.17, 15) is 8.42 Å². The SMILES string of the molecule is COc1cc(OC)c([C@@H]2SCCN2S(=O)(=O)c2ccc(Cl)cc2)cc1OC. The molecule has 0 aliphatic carbocycles. The van der Waals surface area contributed by atoms with Gasteiger partial charge in [-0.1, -0.05) is 11.6 Å². The van der Waals surface area contributed by atoms with E-state index in [0.29, 0.717) is 34.6 Å². The van der Waals surface area contributed by atoms with Crippen molar-refractivity contribution in [2.45, 2.75) is 10.3 Å². The fourth-order valence-electron chi connectivity index (χ4n) is 2.93. The second kappa shape index (κ2) is 8.18. The highest BCUT2D eigenvalue weighted by atomic mass is 35.5. The molecule has 0 bridgehead atoms. The molecule has 9 heteroatoms. The lowest BCUT2D eigenvalue weighted by molar-refractivity contribution is 0.344. The molecular formula is C18H20ClNO5S2. The van der Waals surface area contributed by atoms with Crippen LogP contribution in [0.5, 0.6) is 17.2 Å². The van der Waals surface area contributed by atoms with Crippen molar-refractivity contribution in [2.24, 2.45) is 0 Å². The normalized spacial score (nSPS) is 17.7. The van der Waals surface area contributed by atoms with Gasteiger partial charge in [0.05, 0.1) is 31.6 Å². The number of methoxy groups -OCH3 is 3. The maximum Gasteiger partial charge on any atom is 0.244 e. The molecule has 0 saturated carbocycles. The molecule has 0 radical (unpaired) electrons. The van der Waals surface area contributed by atoms with Gasteiger partial charge in [-0.05, 0) is 30.3 Å². The maximum absolute atomic E-state index is 13.2. The Morgan fingerprint density at radius 3 is 2.19 bits per heavy atom. The Labute approximate surface area is 168 Å². The lowest BCUT2D eigenvalue weighted by atomic mass is 10.1. The van der Waals surface area contributed by atoms with Gasteiger partial charge in [0.25, 0.3) is 0 Å². The molecule has 1 aliphatic heterocycles. The van der Waals surface area contributed by atoms with E-state index in [4.69, 9.17) is 25.8 Å². The van der Waals surface area contributed by atoms with Crippen LogP contribution >= 0.6 is 23.4 Å². The summed E-state index contributed by atoms with van der Waals surface area (Å²) in [5.74, 6) is 2.26. The second-order valence-electron chi connectivity index (χ2n) is 5.74. The van der Waals surface area contributed by atoms with Crippen molar-refractivity contribution in [3.8, 4) is 17.2 Å². The molecule has 0 unspecified atom stereocenters. The van der Waals surface area contributed by atoms with Gasteiger partial charge in [0, 0.05) is 29.0 Å². The zero-order valence-corrected chi connectivity index (χ0v) is 17.5. The molecule has 1 fully saturated rings. The highest BCUT2D eigenvalue weighted by Gasteiger charge is 2.38. The minimum atomic E-state index is -3.69. The fraction of sp³-hybridized carbons (Fsp3) is 0.333. The molecule has 27 heavy (non-hydrogen) atoms. The van der Waals surface area contributed by atoms with E-state index in [1.165, 1.54) is 35.3 Å². The van der Waals surface area contributed by atoms with E-state index in [1.54, 1.807) is 38.5 Å². The van der Waals surface area contributed by atoms with Gasteiger partial charge in [-0.15, -0.1) is 11.8 Å². The van der Waals surface area contributed by atoms with Crippen molar-refractivity contribution in [3.05, 3.63) is 47.0 Å². The summed E-state index contributed by atoms with van der Waals surface area (Å²) in [5.41, 5.74) is 0.718. The largest absolute Gasteiger partial charge is 0.496 e. The van der Waals surface area contributed by atoms with E-state index in [0.717, 1.165) is 5.56 Å². The van der Waals surface area contributed by atoms with Crippen LogP contribution in [0.1, 0.15) is 10.9 Å². The highest BCUT2D eigenvalue weighted by molar-refractivity contribution is 8.01. The minimum Gasteiger partial charge on any atom is -0.496 e. The van der Waals surface area contributed by atoms with E-state index in [-0.39, 0.29) is 4.90 Å². The lowest BCUT2D eigenvalue weighted by Gasteiger charge is -2.25. The van der Waals surface area contributed by atoms with E-state index in [2.05, 4.69) is 0 Å². The van der Waals surface area contributed by atoms with Crippen LogP contribution < -0.4 is 14.2 Å². The van der Waals surface area contributed by atoms with Crippen LogP contribution in [0.25, 0.3) is 0 Å². The maximum atomic E-state index is 13.2. The van der Waals surface area contributed by atoms with E-state index >= 15 is 0 Å². The number of rotatable bonds is 6. The first-order chi connectivity index (χ1) is 12.9. The Hall–Kier alpha value is -1.61. The van der Waals surface area contributed by atoms with Crippen LogP contribution in [0.15, 0.2) is 41.3 Å². The third-order valence-electron chi connectivity index (χ3n) is 4.27. The Morgan fingerprint density at radius 2 is 1.59 bits per heavy atom. The quantitative estimate of drug-likeness (QED) is 0.695. The predicted molar refractivity (Wildman–Crippen MR) is 107 cm³/mol. The van der Waals surface area contributed by atoms with Gasteiger partial charge in [0.1, 0.15) is 5.75 Å². The number of benzene rings is 2. The van der Waals surface area contributed by atoms with Crippen LogP contribution in [0, 0.1) is 0 Å². The Kier molecular flexibility index (Phi) is 6.10. The van der Waals surface area contributed by atoms with Crippen molar-refractivity contribution < 1.29 is 22.6 Å².